The number of likely N-dealkylation sites (tertiary alicyclic amines) is 1. The lowest BCUT2D eigenvalue weighted by atomic mass is 10.0. The number of methoxy groups -OCH3 is 1. The summed E-state index contributed by atoms with van der Waals surface area (Å²) in [7, 11) is 1.60. The summed E-state index contributed by atoms with van der Waals surface area (Å²) in [4.78, 5) is 25.7. The van der Waals surface area contributed by atoms with Crippen molar-refractivity contribution in [3.05, 3.63) is 12.7 Å². The Labute approximate surface area is 120 Å². The predicted molar refractivity (Wildman–Crippen MR) is 76.4 cm³/mol. The molecule has 0 N–H and O–H groups in total. The molecule has 0 radical (unpaired) electrons. The number of Topliss-reactive ketones (excluding diaryl/α,β-unsaturated/α-hetero) is 1. The molecule has 0 aromatic carbocycles. The largest absolute Gasteiger partial charge is 0.458 e. The highest BCUT2D eigenvalue weighted by atomic mass is 16.5. The first-order valence-electron chi connectivity index (χ1n) is 7.03. The van der Waals surface area contributed by atoms with Gasteiger partial charge in [-0.05, 0) is 20.8 Å². The van der Waals surface area contributed by atoms with Gasteiger partial charge < -0.3 is 9.47 Å². The number of esters is 1. The van der Waals surface area contributed by atoms with E-state index in [0.717, 1.165) is 6.08 Å². The van der Waals surface area contributed by atoms with Gasteiger partial charge in [-0.2, -0.15) is 0 Å². The van der Waals surface area contributed by atoms with E-state index in [1.165, 1.54) is 0 Å². The van der Waals surface area contributed by atoms with Gasteiger partial charge in [0, 0.05) is 38.6 Å². The molecule has 1 aliphatic heterocycles. The lowest BCUT2D eigenvalue weighted by Crippen LogP contribution is -2.41. The van der Waals surface area contributed by atoms with Gasteiger partial charge >= 0.3 is 5.97 Å². The molecular formula is C15H25NO4. The smallest absolute Gasteiger partial charge is 0.330 e. The van der Waals surface area contributed by atoms with Gasteiger partial charge in [0.1, 0.15) is 6.10 Å². The average Bonchev–Trinajstić information content (AvgIpc) is 2.82. The lowest BCUT2D eigenvalue weighted by molar-refractivity contribution is -0.142. The molecule has 1 aliphatic rings. The summed E-state index contributed by atoms with van der Waals surface area (Å²) in [6.45, 7) is 9.94. The van der Waals surface area contributed by atoms with Crippen molar-refractivity contribution >= 4 is 11.8 Å². The SMILES string of the molecule is C=CC(=O)O[C@H]1C[C@@H](C(=O)CC(C)OC)N(C(C)C)C1. The minimum absolute atomic E-state index is 0.0914. The Balaban J connectivity index is 2.69. The summed E-state index contributed by atoms with van der Waals surface area (Å²) in [6.07, 6.45) is 1.75. The monoisotopic (exact) mass is 283 g/mol. The van der Waals surface area contributed by atoms with Gasteiger partial charge in [-0.1, -0.05) is 6.58 Å². The van der Waals surface area contributed by atoms with Crippen molar-refractivity contribution in [1.29, 1.82) is 0 Å². The van der Waals surface area contributed by atoms with Crippen LogP contribution in [0.5, 0.6) is 0 Å². The van der Waals surface area contributed by atoms with Crippen molar-refractivity contribution in [2.24, 2.45) is 0 Å². The standard InChI is InChI=1S/C15H25NO4/c1-6-15(18)20-12-8-13(16(9-12)10(2)3)14(17)7-11(4)19-5/h6,10-13H,1,7-9H2,2-5H3/t11?,12-,13-/m0/s1. The van der Waals surface area contributed by atoms with Crippen LogP contribution in [0.3, 0.4) is 0 Å². The lowest BCUT2D eigenvalue weighted by Gasteiger charge is -2.27. The Kier molecular flexibility index (Phi) is 6.36. The molecule has 1 rings (SSSR count). The molecule has 20 heavy (non-hydrogen) atoms. The van der Waals surface area contributed by atoms with Crippen molar-refractivity contribution in [2.45, 2.75) is 57.9 Å². The zero-order chi connectivity index (χ0) is 15.3. The van der Waals surface area contributed by atoms with E-state index in [9.17, 15) is 9.59 Å². The molecule has 0 bridgehead atoms. The first kappa shape index (κ1) is 16.9. The van der Waals surface area contributed by atoms with Crippen molar-refractivity contribution in [1.82, 2.24) is 4.90 Å². The maximum absolute atomic E-state index is 12.3. The van der Waals surface area contributed by atoms with Crippen LogP contribution in [0.2, 0.25) is 0 Å². The Hall–Kier alpha value is -1.20. The van der Waals surface area contributed by atoms with E-state index in [4.69, 9.17) is 9.47 Å². The van der Waals surface area contributed by atoms with Gasteiger partial charge in [0.2, 0.25) is 0 Å². The summed E-state index contributed by atoms with van der Waals surface area (Å²) < 4.78 is 10.4. The Morgan fingerprint density at radius 3 is 2.55 bits per heavy atom. The second kappa shape index (κ2) is 7.55. The molecule has 5 nitrogen and oxygen atoms in total. The van der Waals surface area contributed by atoms with Crippen LogP contribution in [0.25, 0.3) is 0 Å². The maximum atomic E-state index is 12.3. The fraction of sp³-hybridized carbons (Fsp3) is 0.733. The molecule has 1 saturated heterocycles. The molecule has 114 valence electrons. The van der Waals surface area contributed by atoms with Gasteiger partial charge in [0.05, 0.1) is 12.1 Å². The minimum Gasteiger partial charge on any atom is -0.458 e. The van der Waals surface area contributed by atoms with E-state index in [2.05, 4.69) is 11.5 Å². The molecular weight excluding hydrogens is 258 g/mol. The van der Waals surface area contributed by atoms with Crippen molar-refractivity contribution in [3.63, 3.8) is 0 Å². The van der Waals surface area contributed by atoms with Crippen molar-refractivity contribution in [2.75, 3.05) is 13.7 Å². The zero-order valence-electron chi connectivity index (χ0n) is 12.8. The summed E-state index contributed by atoms with van der Waals surface area (Å²) in [6, 6.07) is 0.0319. The second-order valence-corrected chi connectivity index (χ2v) is 5.52. The fourth-order valence-electron chi connectivity index (χ4n) is 2.51. The highest BCUT2D eigenvalue weighted by Crippen LogP contribution is 2.25. The number of carbonyl (C=O) groups excluding carboxylic acids is 2. The first-order valence-corrected chi connectivity index (χ1v) is 7.03. The van der Waals surface area contributed by atoms with Gasteiger partial charge in [0.25, 0.3) is 0 Å². The van der Waals surface area contributed by atoms with E-state index < -0.39 is 5.97 Å². The molecule has 0 aromatic heterocycles. The fourth-order valence-corrected chi connectivity index (χ4v) is 2.51. The van der Waals surface area contributed by atoms with E-state index in [-0.39, 0.29) is 30.1 Å². The van der Waals surface area contributed by atoms with Crippen LogP contribution in [0.1, 0.15) is 33.6 Å². The molecule has 0 spiro atoms. The number of nitrogens with zero attached hydrogens (tertiary/aromatic N) is 1. The molecule has 1 fully saturated rings. The Morgan fingerprint density at radius 1 is 1.40 bits per heavy atom. The number of ketones is 1. The van der Waals surface area contributed by atoms with Gasteiger partial charge in [-0.3, -0.25) is 9.69 Å². The summed E-state index contributed by atoms with van der Waals surface area (Å²) in [5, 5.41) is 0. The van der Waals surface area contributed by atoms with E-state index in [1.807, 2.05) is 20.8 Å². The third-order valence-corrected chi connectivity index (χ3v) is 3.68. The number of hydrogen-bond donors (Lipinski definition) is 0. The Bertz CT molecular complexity index is 367. The van der Waals surface area contributed by atoms with Crippen LogP contribution in [-0.4, -0.2) is 54.6 Å². The summed E-state index contributed by atoms with van der Waals surface area (Å²) in [5.74, 6) is -0.290. The summed E-state index contributed by atoms with van der Waals surface area (Å²) in [5.41, 5.74) is 0. The maximum Gasteiger partial charge on any atom is 0.330 e. The zero-order valence-corrected chi connectivity index (χ0v) is 12.8. The molecule has 0 saturated carbocycles. The van der Waals surface area contributed by atoms with Gasteiger partial charge in [0.15, 0.2) is 5.78 Å². The second-order valence-electron chi connectivity index (χ2n) is 5.52. The number of rotatable bonds is 7. The van der Waals surface area contributed by atoms with Gasteiger partial charge in [-0.25, -0.2) is 4.79 Å². The number of carbonyl (C=O) groups is 2. The van der Waals surface area contributed by atoms with Crippen LogP contribution in [0.15, 0.2) is 12.7 Å². The highest BCUT2D eigenvalue weighted by molar-refractivity contribution is 5.85. The average molecular weight is 283 g/mol. The van der Waals surface area contributed by atoms with Crippen LogP contribution in [-0.2, 0) is 19.1 Å². The van der Waals surface area contributed by atoms with Crippen molar-refractivity contribution < 1.29 is 19.1 Å². The number of hydrogen-bond acceptors (Lipinski definition) is 5. The molecule has 3 atom stereocenters. The molecule has 1 heterocycles. The van der Waals surface area contributed by atoms with Crippen molar-refractivity contribution in [3.8, 4) is 0 Å². The molecule has 0 aliphatic carbocycles. The van der Waals surface area contributed by atoms with E-state index in [0.29, 0.717) is 19.4 Å². The quantitative estimate of drug-likeness (QED) is 0.524. The predicted octanol–water partition coefficient (Wildman–Crippen LogP) is 1.56. The molecule has 5 heteroatoms. The van der Waals surface area contributed by atoms with Crippen LogP contribution >= 0.6 is 0 Å². The highest BCUT2D eigenvalue weighted by Gasteiger charge is 2.39. The third kappa shape index (κ3) is 4.42. The number of ether oxygens (including phenoxy) is 2. The minimum atomic E-state index is -0.433. The van der Waals surface area contributed by atoms with Crippen LogP contribution < -0.4 is 0 Å². The van der Waals surface area contributed by atoms with Gasteiger partial charge in [-0.15, -0.1) is 0 Å². The molecule has 1 unspecified atom stereocenters. The van der Waals surface area contributed by atoms with E-state index >= 15 is 0 Å². The van der Waals surface area contributed by atoms with Crippen LogP contribution in [0.4, 0.5) is 0 Å². The molecule has 0 aromatic rings. The first-order chi connectivity index (χ1) is 9.38. The third-order valence-electron chi connectivity index (χ3n) is 3.68. The topological polar surface area (TPSA) is 55.8 Å². The molecule has 0 amide bonds. The van der Waals surface area contributed by atoms with E-state index in [1.54, 1.807) is 7.11 Å². The summed E-state index contributed by atoms with van der Waals surface area (Å²) >= 11 is 0. The van der Waals surface area contributed by atoms with Crippen LogP contribution in [0, 0.1) is 0 Å². The normalized spacial score (nSPS) is 24.6. The Morgan fingerprint density at radius 2 is 2.05 bits per heavy atom.